The van der Waals surface area contributed by atoms with Gasteiger partial charge in [0, 0.05) is 37.1 Å². The standard InChI is InChI=1S/C24H23N5O4/c1-15-26-21(33-27-15)12-13-25-20(30)11-6-14-28-22-16-7-2-3-8-17(16)24(32)29(22)19-10-5-4-9-18(19)23(28)31/h2-5,7-10,22H,6,11-14H2,1H3,(H,25,30)/t22-/m0/s1. The van der Waals surface area contributed by atoms with E-state index in [0.29, 0.717) is 54.5 Å². The van der Waals surface area contributed by atoms with Crippen LogP contribution in [0.15, 0.2) is 53.1 Å². The number of benzene rings is 2. The van der Waals surface area contributed by atoms with E-state index in [4.69, 9.17) is 4.52 Å². The van der Waals surface area contributed by atoms with Crippen molar-refractivity contribution in [2.45, 2.75) is 32.4 Å². The van der Waals surface area contributed by atoms with Gasteiger partial charge in [-0.05, 0) is 31.5 Å². The Kier molecular flexibility index (Phi) is 5.37. The summed E-state index contributed by atoms with van der Waals surface area (Å²) in [7, 11) is 0. The minimum absolute atomic E-state index is 0.115. The van der Waals surface area contributed by atoms with E-state index in [9.17, 15) is 14.4 Å². The van der Waals surface area contributed by atoms with Crippen LogP contribution in [0.25, 0.3) is 0 Å². The van der Waals surface area contributed by atoms with Gasteiger partial charge in [0.05, 0.1) is 11.3 Å². The van der Waals surface area contributed by atoms with Crippen molar-refractivity contribution in [3.8, 4) is 0 Å². The van der Waals surface area contributed by atoms with Gasteiger partial charge in [0.15, 0.2) is 5.82 Å². The van der Waals surface area contributed by atoms with Crippen molar-refractivity contribution in [2.75, 3.05) is 18.0 Å². The van der Waals surface area contributed by atoms with Gasteiger partial charge in [-0.15, -0.1) is 0 Å². The van der Waals surface area contributed by atoms with Gasteiger partial charge in [0.2, 0.25) is 11.8 Å². The Morgan fingerprint density at radius 3 is 2.61 bits per heavy atom. The van der Waals surface area contributed by atoms with Gasteiger partial charge in [-0.2, -0.15) is 4.98 Å². The summed E-state index contributed by atoms with van der Waals surface area (Å²) >= 11 is 0. The molecule has 168 valence electrons. The second kappa shape index (κ2) is 8.50. The first-order chi connectivity index (χ1) is 16.0. The average Bonchev–Trinajstić information content (AvgIpc) is 3.37. The van der Waals surface area contributed by atoms with Crippen LogP contribution in [-0.2, 0) is 11.2 Å². The molecule has 0 saturated carbocycles. The molecule has 0 fully saturated rings. The molecule has 3 amide bonds. The number of carbonyl (C=O) groups is 3. The maximum atomic E-state index is 13.3. The molecule has 3 heterocycles. The quantitative estimate of drug-likeness (QED) is 0.599. The van der Waals surface area contributed by atoms with Gasteiger partial charge in [-0.1, -0.05) is 35.5 Å². The molecule has 33 heavy (non-hydrogen) atoms. The highest BCUT2D eigenvalue weighted by molar-refractivity contribution is 6.16. The zero-order valence-corrected chi connectivity index (χ0v) is 18.2. The second-order valence-corrected chi connectivity index (χ2v) is 8.09. The van der Waals surface area contributed by atoms with Crippen LogP contribution < -0.4 is 10.2 Å². The van der Waals surface area contributed by atoms with Crippen molar-refractivity contribution in [1.82, 2.24) is 20.4 Å². The molecule has 2 aliphatic heterocycles. The summed E-state index contributed by atoms with van der Waals surface area (Å²) < 4.78 is 5.04. The molecule has 0 bridgehead atoms. The Balaban J connectivity index is 1.27. The van der Waals surface area contributed by atoms with Crippen molar-refractivity contribution in [3.63, 3.8) is 0 Å². The van der Waals surface area contributed by atoms with Crippen LogP contribution in [0.1, 0.15) is 57.0 Å². The third kappa shape index (κ3) is 3.75. The fraction of sp³-hybridized carbons (Fsp3) is 0.292. The number of fused-ring (bicyclic) bond motifs is 5. The van der Waals surface area contributed by atoms with E-state index < -0.39 is 6.17 Å². The largest absolute Gasteiger partial charge is 0.356 e. The molecular weight excluding hydrogens is 422 g/mol. The lowest BCUT2D eigenvalue weighted by atomic mass is 10.0. The number of hydrogen-bond acceptors (Lipinski definition) is 6. The molecule has 5 rings (SSSR count). The molecule has 1 atom stereocenters. The summed E-state index contributed by atoms with van der Waals surface area (Å²) in [6, 6.07) is 14.5. The summed E-state index contributed by atoms with van der Waals surface area (Å²) in [6.07, 6.45) is 0.695. The van der Waals surface area contributed by atoms with E-state index in [1.807, 2.05) is 24.3 Å². The lowest BCUT2D eigenvalue weighted by Crippen LogP contribution is -2.48. The monoisotopic (exact) mass is 445 g/mol. The molecule has 0 radical (unpaired) electrons. The smallest absolute Gasteiger partial charge is 0.260 e. The SMILES string of the molecule is Cc1noc(CCNC(=O)CCCN2C(=O)c3ccccc3N3C(=O)c4ccccc4[C@@H]23)n1. The predicted molar refractivity (Wildman–Crippen MR) is 118 cm³/mol. The molecule has 0 unspecified atom stereocenters. The molecule has 3 aromatic rings. The van der Waals surface area contributed by atoms with Crippen LogP contribution in [0.5, 0.6) is 0 Å². The third-order valence-electron chi connectivity index (χ3n) is 5.92. The summed E-state index contributed by atoms with van der Waals surface area (Å²) in [5, 5.41) is 6.56. The number of aryl methyl sites for hydroxylation is 1. The van der Waals surface area contributed by atoms with Gasteiger partial charge in [0.1, 0.15) is 6.17 Å². The number of aromatic nitrogens is 2. The molecule has 2 aliphatic rings. The molecular formula is C24H23N5O4. The van der Waals surface area contributed by atoms with Gasteiger partial charge < -0.3 is 14.7 Å². The van der Waals surface area contributed by atoms with Gasteiger partial charge in [-0.3, -0.25) is 19.3 Å². The second-order valence-electron chi connectivity index (χ2n) is 8.09. The molecule has 9 heteroatoms. The normalized spacial score (nSPS) is 16.5. The van der Waals surface area contributed by atoms with E-state index in [2.05, 4.69) is 15.5 Å². The molecule has 0 spiro atoms. The number of para-hydroxylation sites is 1. The number of nitrogens with one attached hydrogen (secondary N) is 1. The Bertz CT molecular complexity index is 1240. The van der Waals surface area contributed by atoms with Gasteiger partial charge in [0.25, 0.3) is 11.8 Å². The predicted octanol–water partition coefficient (Wildman–Crippen LogP) is 2.63. The van der Waals surface area contributed by atoms with Crippen LogP contribution in [-0.4, -0.2) is 45.9 Å². The maximum Gasteiger partial charge on any atom is 0.260 e. The van der Waals surface area contributed by atoms with Gasteiger partial charge in [-0.25, -0.2) is 0 Å². The van der Waals surface area contributed by atoms with Crippen LogP contribution in [0.3, 0.4) is 0 Å². The maximum absolute atomic E-state index is 13.3. The van der Waals surface area contributed by atoms with E-state index in [1.165, 1.54) is 0 Å². The van der Waals surface area contributed by atoms with Crippen molar-refractivity contribution in [2.24, 2.45) is 0 Å². The lowest BCUT2D eigenvalue weighted by molar-refractivity contribution is -0.121. The zero-order chi connectivity index (χ0) is 22.9. The number of rotatable bonds is 7. The topological polar surface area (TPSA) is 109 Å². The first kappa shape index (κ1) is 20.9. The summed E-state index contributed by atoms with van der Waals surface area (Å²) in [6.45, 7) is 2.49. The molecule has 0 saturated heterocycles. The average molecular weight is 445 g/mol. The van der Waals surface area contributed by atoms with Crippen molar-refractivity contribution < 1.29 is 18.9 Å². The van der Waals surface area contributed by atoms with Crippen LogP contribution >= 0.6 is 0 Å². The first-order valence-corrected chi connectivity index (χ1v) is 10.9. The molecule has 9 nitrogen and oxygen atoms in total. The van der Waals surface area contributed by atoms with Crippen molar-refractivity contribution >= 4 is 23.4 Å². The van der Waals surface area contributed by atoms with Crippen LogP contribution in [0.2, 0.25) is 0 Å². The zero-order valence-electron chi connectivity index (χ0n) is 18.2. The van der Waals surface area contributed by atoms with Crippen LogP contribution in [0.4, 0.5) is 5.69 Å². The number of hydrogen-bond donors (Lipinski definition) is 1. The van der Waals surface area contributed by atoms with Crippen molar-refractivity contribution in [1.29, 1.82) is 0 Å². The summed E-state index contributed by atoms with van der Waals surface area (Å²) in [5.41, 5.74) is 2.53. The van der Waals surface area contributed by atoms with Gasteiger partial charge >= 0.3 is 0 Å². The molecule has 1 aromatic heterocycles. The minimum atomic E-state index is -0.500. The lowest BCUT2D eigenvalue weighted by Gasteiger charge is -2.41. The fourth-order valence-electron chi connectivity index (χ4n) is 4.45. The number of anilines is 1. The number of nitrogens with zero attached hydrogens (tertiary/aromatic N) is 4. The Labute approximate surface area is 190 Å². The Morgan fingerprint density at radius 1 is 1.06 bits per heavy atom. The number of amides is 3. The van der Waals surface area contributed by atoms with E-state index >= 15 is 0 Å². The molecule has 2 aromatic carbocycles. The van der Waals surface area contributed by atoms with E-state index in [1.54, 1.807) is 41.0 Å². The molecule has 1 N–H and O–H groups in total. The number of carbonyl (C=O) groups excluding carboxylic acids is 3. The van der Waals surface area contributed by atoms with E-state index in [0.717, 1.165) is 5.56 Å². The minimum Gasteiger partial charge on any atom is -0.356 e. The fourth-order valence-corrected chi connectivity index (χ4v) is 4.45. The summed E-state index contributed by atoms with van der Waals surface area (Å²) in [5.74, 6) is 0.675. The van der Waals surface area contributed by atoms with E-state index in [-0.39, 0.29) is 24.1 Å². The highest BCUT2D eigenvalue weighted by Crippen LogP contribution is 2.45. The highest BCUT2D eigenvalue weighted by atomic mass is 16.5. The third-order valence-corrected chi connectivity index (χ3v) is 5.92. The highest BCUT2D eigenvalue weighted by Gasteiger charge is 2.47. The van der Waals surface area contributed by atoms with Crippen LogP contribution in [0, 0.1) is 6.92 Å². The molecule has 0 aliphatic carbocycles. The summed E-state index contributed by atoms with van der Waals surface area (Å²) in [4.78, 5) is 46.3. The Hall–Kier alpha value is -4.01. The van der Waals surface area contributed by atoms with Crippen molar-refractivity contribution in [3.05, 3.63) is 76.9 Å². The first-order valence-electron chi connectivity index (χ1n) is 10.9. The Morgan fingerprint density at radius 2 is 1.82 bits per heavy atom.